The molecular formula is C15H22N2O. The van der Waals surface area contributed by atoms with E-state index in [9.17, 15) is 4.79 Å². The van der Waals surface area contributed by atoms with Crippen LogP contribution in [0.4, 0.5) is 5.69 Å². The van der Waals surface area contributed by atoms with E-state index in [1.165, 1.54) is 5.56 Å². The maximum atomic E-state index is 12.5. The van der Waals surface area contributed by atoms with Gasteiger partial charge in [0.05, 0.1) is 6.04 Å². The van der Waals surface area contributed by atoms with E-state index >= 15 is 0 Å². The Morgan fingerprint density at radius 1 is 1.33 bits per heavy atom. The van der Waals surface area contributed by atoms with Crippen LogP contribution >= 0.6 is 0 Å². The highest BCUT2D eigenvalue weighted by atomic mass is 16.2. The van der Waals surface area contributed by atoms with Crippen molar-refractivity contribution >= 4 is 11.6 Å². The molecule has 0 aromatic heterocycles. The second-order valence-electron chi connectivity index (χ2n) is 6.07. The minimum Gasteiger partial charge on any atom is -0.319 e. The van der Waals surface area contributed by atoms with Gasteiger partial charge < -0.3 is 10.6 Å². The number of benzene rings is 1. The number of rotatable bonds is 1. The van der Waals surface area contributed by atoms with Crippen molar-refractivity contribution in [3.8, 4) is 0 Å². The van der Waals surface area contributed by atoms with Crippen LogP contribution in [-0.4, -0.2) is 18.5 Å². The van der Waals surface area contributed by atoms with Gasteiger partial charge >= 0.3 is 0 Å². The summed E-state index contributed by atoms with van der Waals surface area (Å²) in [5.41, 5.74) is 8.17. The minimum atomic E-state index is -0.455. The van der Waals surface area contributed by atoms with Crippen LogP contribution in [0.25, 0.3) is 0 Å². The summed E-state index contributed by atoms with van der Waals surface area (Å²) in [6, 6.07) is 7.66. The third-order valence-electron chi connectivity index (χ3n) is 3.58. The van der Waals surface area contributed by atoms with Gasteiger partial charge in [0, 0.05) is 12.2 Å². The summed E-state index contributed by atoms with van der Waals surface area (Å²) in [5, 5.41) is 0. The lowest BCUT2D eigenvalue weighted by molar-refractivity contribution is -0.122. The number of carbonyl (C=O) groups excluding carboxylic acids is 1. The zero-order valence-corrected chi connectivity index (χ0v) is 11.4. The van der Waals surface area contributed by atoms with Crippen LogP contribution in [0.1, 0.15) is 32.8 Å². The zero-order chi connectivity index (χ0) is 13.3. The highest BCUT2D eigenvalue weighted by molar-refractivity contribution is 5.98. The monoisotopic (exact) mass is 246 g/mol. The highest BCUT2D eigenvalue weighted by Gasteiger charge is 2.33. The predicted octanol–water partition coefficient (Wildman–Crippen LogP) is 2.34. The maximum absolute atomic E-state index is 12.5. The molecule has 0 saturated carbocycles. The average molecular weight is 246 g/mol. The van der Waals surface area contributed by atoms with Crippen molar-refractivity contribution in [3.63, 3.8) is 0 Å². The van der Waals surface area contributed by atoms with Crippen molar-refractivity contribution < 1.29 is 4.79 Å². The number of carbonyl (C=O) groups is 1. The molecule has 0 bridgehead atoms. The van der Waals surface area contributed by atoms with E-state index in [1.807, 2.05) is 43.9 Å². The molecule has 1 aliphatic heterocycles. The Morgan fingerprint density at radius 3 is 2.67 bits per heavy atom. The standard InChI is InChI=1S/C15H22N2O/c1-15(2,3)13(16)14(18)17-10-6-8-11-7-4-5-9-12(11)17/h4-5,7,9,13H,6,8,10,16H2,1-3H3/t13-/m0/s1. The van der Waals surface area contributed by atoms with Gasteiger partial charge in [-0.3, -0.25) is 4.79 Å². The Bertz CT molecular complexity index is 448. The summed E-state index contributed by atoms with van der Waals surface area (Å²) in [5.74, 6) is 0.0367. The maximum Gasteiger partial charge on any atom is 0.244 e. The van der Waals surface area contributed by atoms with Crippen LogP contribution in [0, 0.1) is 5.41 Å². The first kappa shape index (κ1) is 13.1. The van der Waals surface area contributed by atoms with Gasteiger partial charge in [0.15, 0.2) is 0 Å². The minimum absolute atomic E-state index is 0.0367. The van der Waals surface area contributed by atoms with Crippen molar-refractivity contribution in [2.24, 2.45) is 11.1 Å². The smallest absolute Gasteiger partial charge is 0.244 e. The lowest BCUT2D eigenvalue weighted by Gasteiger charge is -2.35. The third kappa shape index (κ3) is 2.41. The van der Waals surface area contributed by atoms with Gasteiger partial charge in [0.1, 0.15) is 0 Å². The van der Waals surface area contributed by atoms with E-state index in [0.717, 1.165) is 25.1 Å². The summed E-state index contributed by atoms with van der Waals surface area (Å²) in [6.07, 6.45) is 2.06. The molecular weight excluding hydrogens is 224 g/mol. The molecule has 1 aromatic rings. The quantitative estimate of drug-likeness (QED) is 0.826. The van der Waals surface area contributed by atoms with Crippen molar-refractivity contribution in [2.45, 2.75) is 39.7 Å². The van der Waals surface area contributed by atoms with Gasteiger partial charge in [-0.05, 0) is 29.9 Å². The second kappa shape index (κ2) is 4.73. The summed E-state index contributed by atoms with van der Waals surface area (Å²) in [4.78, 5) is 14.4. The van der Waals surface area contributed by atoms with E-state index in [2.05, 4.69) is 6.07 Å². The molecule has 3 nitrogen and oxygen atoms in total. The first-order valence-electron chi connectivity index (χ1n) is 6.56. The number of hydrogen-bond donors (Lipinski definition) is 1. The molecule has 3 heteroatoms. The third-order valence-corrected chi connectivity index (χ3v) is 3.58. The van der Waals surface area contributed by atoms with Crippen molar-refractivity contribution in [1.82, 2.24) is 0 Å². The number of nitrogens with two attached hydrogens (primary N) is 1. The first-order valence-corrected chi connectivity index (χ1v) is 6.56. The summed E-state index contributed by atoms with van der Waals surface area (Å²) in [7, 11) is 0. The molecule has 1 aromatic carbocycles. The van der Waals surface area contributed by atoms with Crippen LogP contribution in [0.15, 0.2) is 24.3 Å². The number of hydrogen-bond acceptors (Lipinski definition) is 2. The average Bonchev–Trinajstić information content (AvgIpc) is 2.35. The lowest BCUT2D eigenvalue weighted by atomic mass is 9.86. The second-order valence-corrected chi connectivity index (χ2v) is 6.07. The lowest BCUT2D eigenvalue weighted by Crippen LogP contribution is -2.51. The molecule has 1 amide bonds. The van der Waals surface area contributed by atoms with E-state index in [-0.39, 0.29) is 11.3 Å². The molecule has 98 valence electrons. The number of aryl methyl sites for hydroxylation is 1. The Hall–Kier alpha value is -1.35. The fraction of sp³-hybridized carbons (Fsp3) is 0.533. The Labute approximate surface area is 109 Å². The molecule has 0 radical (unpaired) electrons. The fourth-order valence-corrected chi connectivity index (χ4v) is 2.30. The Balaban J connectivity index is 2.28. The van der Waals surface area contributed by atoms with Crippen molar-refractivity contribution in [2.75, 3.05) is 11.4 Å². The molecule has 1 heterocycles. The molecule has 18 heavy (non-hydrogen) atoms. The normalized spacial score (nSPS) is 17.2. The number of amides is 1. The SMILES string of the molecule is CC(C)(C)[C@@H](N)C(=O)N1CCCc2ccccc21. The number of fused-ring (bicyclic) bond motifs is 1. The Morgan fingerprint density at radius 2 is 2.00 bits per heavy atom. The molecule has 1 aliphatic rings. The van der Waals surface area contributed by atoms with Crippen LogP contribution in [-0.2, 0) is 11.2 Å². The summed E-state index contributed by atoms with van der Waals surface area (Å²) in [6.45, 7) is 6.79. The number of nitrogens with zero attached hydrogens (tertiary/aromatic N) is 1. The van der Waals surface area contributed by atoms with E-state index in [0.29, 0.717) is 0 Å². The van der Waals surface area contributed by atoms with Crippen LogP contribution in [0.2, 0.25) is 0 Å². The molecule has 2 rings (SSSR count). The molecule has 0 saturated heterocycles. The largest absolute Gasteiger partial charge is 0.319 e. The van der Waals surface area contributed by atoms with Crippen LogP contribution in [0.5, 0.6) is 0 Å². The summed E-state index contributed by atoms with van der Waals surface area (Å²) < 4.78 is 0. The molecule has 0 fully saturated rings. The van der Waals surface area contributed by atoms with Gasteiger partial charge in [-0.1, -0.05) is 39.0 Å². The molecule has 1 atom stereocenters. The Kier molecular flexibility index (Phi) is 3.44. The van der Waals surface area contributed by atoms with Gasteiger partial charge in [0.2, 0.25) is 5.91 Å². The van der Waals surface area contributed by atoms with Crippen LogP contribution in [0.3, 0.4) is 0 Å². The number of para-hydroxylation sites is 1. The van der Waals surface area contributed by atoms with Crippen molar-refractivity contribution in [1.29, 1.82) is 0 Å². The van der Waals surface area contributed by atoms with Crippen molar-refractivity contribution in [3.05, 3.63) is 29.8 Å². The summed E-state index contributed by atoms with van der Waals surface area (Å²) >= 11 is 0. The van der Waals surface area contributed by atoms with E-state index in [4.69, 9.17) is 5.73 Å². The molecule has 0 unspecified atom stereocenters. The fourth-order valence-electron chi connectivity index (χ4n) is 2.30. The predicted molar refractivity (Wildman–Crippen MR) is 74.5 cm³/mol. The first-order chi connectivity index (χ1) is 8.41. The topological polar surface area (TPSA) is 46.3 Å². The van der Waals surface area contributed by atoms with Crippen LogP contribution < -0.4 is 10.6 Å². The molecule has 0 spiro atoms. The zero-order valence-electron chi connectivity index (χ0n) is 11.4. The van der Waals surface area contributed by atoms with E-state index in [1.54, 1.807) is 0 Å². The molecule has 0 aliphatic carbocycles. The molecule has 2 N–H and O–H groups in total. The van der Waals surface area contributed by atoms with E-state index < -0.39 is 6.04 Å². The highest BCUT2D eigenvalue weighted by Crippen LogP contribution is 2.29. The van der Waals surface area contributed by atoms with Gasteiger partial charge in [-0.25, -0.2) is 0 Å². The van der Waals surface area contributed by atoms with Gasteiger partial charge in [-0.2, -0.15) is 0 Å². The number of anilines is 1. The van der Waals surface area contributed by atoms with Gasteiger partial charge in [0.25, 0.3) is 0 Å². The van der Waals surface area contributed by atoms with Gasteiger partial charge in [-0.15, -0.1) is 0 Å².